The molecule has 0 fully saturated rings. The molecule has 2 aromatic carbocycles. The Morgan fingerprint density at radius 3 is 2.09 bits per heavy atom. The van der Waals surface area contributed by atoms with Gasteiger partial charge in [-0.2, -0.15) is 0 Å². The minimum Gasteiger partial charge on any atom is -0.493 e. The number of alkyl halides is 1. The first-order valence-electron chi connectivity index (χ1n) is 10.5. The lowest BCUT2D eigenvalue weighted by molar-refractivity contribution is -0.154. The molecular formula is C24H29BrClNO7. The SMILES string of the molecule is CCOC(=O)C(c1cc(OC)c(OC)cc1Br)N(CCc1ccc(OC)c(OC)c1)C(=O)CCl. The van der Waals surface area contributed by atoms with Crippen molar-refractivity contribution >= 4 is 39.4 Å². The Labute approximate surface area is 213 Å². The third kappa shape index (κ3) is 6.48. The van der Waals surface area contributed by atoms with Crippen molar-refractivity contribution in [3.63, 3.8) is 0 Å². The standard InChI is InChI=1S/C24H29BrClNO7/c1-6-34-24(29)23(16-12-20(32-4)21(33-5)13-17(16)25)27(22(28)14-26)10-9-15-7-8-18(30-2)19(11-15)31-3/h7-8,11-13,23H,6,9-10,14H2,1-5H3. The van der Waals surface area contributed by atoms with Crippen molar-refractivity contribution in [2.75, 3.05) is 47.5 Å². The first kappa shape index (κ1) is 27.6. The number of halogens is 2. The lowest BCUT2D eigenvalue weighted by Crippen LogP contribution is -2.42. The third-order valence-corrected chi connectivity index (χ3v) is 6.06. The topological polar surface area (TPSA) is 83.5 Å². The van der Waals surface area contributed by atoms with Crippen LogP contribution in [0.25, 0.3) is 0 Å². The molecule has 0 aliphatic rings. The van der Waals surface area contributed by atoms with Gasteiger partial charge in [-0.05, 0) is 43.2 Å². The summed E-state index contributed by atoms with van der Waals surface area (Å²) < 4.78 is 27.3. The third-order valence-electron chi connectivity index (χ3n) is 5.14. The molecule has 0 aromatic heterocycles. The Kier molecular flexibility index (Phi) is 10.8. The van der Waals surface area contributed by atoms with Crippen LogP contribution in [0.15, 0.2) is 34.8 Å². The molecule has 186 valence electrons. The van der Waals surface area contributed by atoms with E-state index >= 15 is 0 Å². The summed E-state index contributed by atoms with van der Waals surface area (Å²) in [6, 6.07) is 7.76. The van der Waals surface area contributed by atoms with Gasteiger partial charge in [-0.15, -0.1) is 11.6 Å². The summed E-state index contributed by atoms with van der Waals surface area (Å²) in [6.45, 7) is 2.06. The summed E-state index contributed by atoms with van der Waals surface area (Å²) in [6.07, 6.45) is 0.434. The van der Waals surface area contributed by atoms with Crippen molar-refractivity contribution in [3.05, 3.63) is 45.9 Å². The molecule has 0 saturated carbocycles. The highest BCUT2D eigenvalue weighted by molar-refractivity contribution is 9.10. The van der Waals surface area contributed by atoms with E-state index in [1.54, 1.807) is 39.3 Å². The fourth-order valence-corrected chi connectivity index (χ4v) is 4.18. The zero-order valence-electron chi connectivity index (χ0n) is 19.9. The van der Waals surface area contributed by atoms with Crippen LogP contribution in [-0.4, -0.2) is 64.2 Å². The van der Waals surface area contributed by atoms with Crippen LogP contribution in [0.1, 0.15) is 24.1 Å². The molecule has 1 unspecified atom stereocenters. The van der Waals surface area contributed by atoms with Crippen molar-refractivity contribution in [1.29, 1.82) is 0 Å². The summed E-state index contributed by atoms with van der Waals surface area (Å²) in [5.74, 6) is 0.753. The molecule has 34 heavy (non-hydrogen) atoms. The maximum atomic E-state index is 13.1. The van der Waals surface area contributed by atoms with Gasteiger partial charge in [-0.3, -0.25) is 4.79 Å². The average molecular weight is 559 g/mol. The summed E-state index contributed by atoms with van der Waals surface area (Å²) in [7, 11) is 6.12. The first-order valence-corrected chi connectivity index (χ1v) is 11.8. The molecule has 0 N–H and O–H groups in total. The van der Waals surface area contributed by atoms with E-state index in [0.29, 0.717) is 39.5 Å². The van der Waals surface area contributed by atoms with Crippen molar-refractivity contribution in [2.24, 2.45) is 0 Å². The summed E-state index contributed by atoms with van der Waals surface area (Å²) in [4.78, 5) is 27.5. The van der Waals surface area contributed by atoms with Crippen LogP contribution in [-0.2, 0) is 20.7 Å². The lowest BCUT2D eigenvalue weighted by Gasteiger charge is -2.31. The van der Waals surface area contributed by atoms with E-state index < -0.39 is 17.9 Å². The van der Waals surface area contributed by atoms with Crippen LogP contribution in [0.4, 0.5) is 0 Å². The van der Waals surface area contributed by atoms with Gasteiger partial charge in [0.15, 0.2) is 29.0 Å². The molecule has 0 aliphatic carbocycles. The van der Waals surface area contributed by atoms with Crippen LogP contribution in [0.5, 0.6) is 23.0 Å². The highest BCUT2D eigenvalue weighted by atomic mass is 79.9. The number of carbonyl (C=O) groups excluding carboxylic acids is 2. The number of carbonyl (C=O) groups is 2. The van der Waals surface area contributed by atoms with E-state index in [9.17, 15) is 9.59 Å². The Bertz CT molecular complexity index is 1000. The molecule has 1 amide bonds. The lowest BCUT2D eigenvalue weighted by atomic mass is 10.0. The molecule has 0 radical (unpaired) electrons. The van der Waals surface area contributed by atoms with Gasteiger partial charge in [-0.1, -0.05) is 22.0 Å². The minimum atomic E-state index is -1.06. The van der Waals surface area contributed by atoms with Crippen molar-refractivity contribution in [3.8, 4) is 23.0 Å². The van der Waals surface area contributed by atoms with E-state index in [2.05, 4.69) is 15.9 Å². The molecule has 10 heteroatoms. The normalized spacial score (nSPS) is 11.4. The van der Waals surface area contributed by atoms with Crippen LogP contribution in [0.3, 0.4) is 0 Å². The van der Waals surface area contributed by atoms with Gasteiger partial charge in [0.1, 0.15) is 5.88 Å². The Morgan fingerprint density at radius 1 is 0.941 bits per heavy atom. The number of ether oxygens (including phenoxy) is 5. The smallest absolute Gasteiger partial charge is 0.333 e. The number of hydrogen-bond acceptors (Lipinski definition) is 7. The number of benzene rings is 2. The van der Waals surface area contributed by atoms with Crippen LogP contribution in [0, 0.1) is 0 Å². The number of rotatable bonds is 12. The van der Waals surface area contributed by atoms with Crippen molar-refractivity contribution in [2.45, 2.75) is 19.4 Å². The molecule has 1 atom stereocenters. The zero-order valence-corrected chi connectivity index (χ0v) is 22.2. The number of nitrogens with zero attached hydrogens (tertiary/aromatic N) is 1. The number of methoxy groups -OCH3 is 4. The molecule has 0 bridgehead atoms. The molecule has 0 spiro atoms. The molecule has 2 aromatic rings. The van der Waals surface area contributed by atoms with Gasteiger partial charge in [0.05, 0.1) is 35.0 Å². The molecule has 0 heterocycles. The van der Waals surface area contributed by atoms with Gasteiger partial charge in [0.25, 0.3) is 0 Å². The highest BCUT2D eigenvalue weighted by Crippen LogP contribution is 2.38. The Morgan fingerprint density at radius 2 is 1.53 bits per heavy atom. The van der Waals surface area contributed by atoms with Gasteiger partial charge in [0.2, 0.25) is 5.91 Å². The Balaban J connectivity index is 2.50. The fourth-order valence-electron chi connectivity index (χ4n) is 3.48. The predicted octanol–water partition coefficient (Wildman–Crippen LogP) is 4.40. The van der Waals surface area contributed by atoms with Gasteiger partial charge < -0.3 is 28.6 Å². The summed E-state index contributed by atoms with van der Waals surface area (Å²) in [5.41, 5.74) is 1.38. The quantitative estimate of drug-likeness (QED) is 0.282. The van der Waals surface area contributed by atoms with Gasteiger partial charge in [0, 0.05) is 16.6 Å². The van der Waals surface area contributed by atoms with Gasteiger partial charge >= 0.3 is 5.97 Å². The monoisotopic (exact) mass is 557 g/mol. The van der Waals surface area contributed by atoms with Crippen molar-refractivity contribution in [1.82, 2.24) is 4.90 Å². The molecular weight excluding hydrogens is 530 g/mol. The maximum absolute atomic E-state index is 13.1. The number of esters is 1. The molecule has 8 nitrogen and oxygen atoms in total. The highest BCUT2D eigenvalue weighted by Gasteiger charge is 2.34. The van der Waals surface area contributed by atoms with Crippen LogP contribution >= 0.6 is 27.5 Å². The zero-order chi connectivity index (χ0) is 25.3. The second-order valence-electron chi connectivity index (χ2n) is 7.04. The maximum Gasteiger partial charge on any atom is 0.333 e. The number of hydrogen-bond donors (Lipinski definition) is 0. The molecule has 2 rings (SSSR count). The second kappa shape index (κ2) is 13.3. The van der Waals surface area contributed by atoms with E-state index in [-0.39, 0.29) is 19.0 Å². The second-order valence-corrected chi connectivity index (χ2v) is 8.16. The summed E-state index contributed by atoms with van der Waals surface area (Å²) >= 11 is 9.44. The van der Waals surface area contributed by atoms with E-state index in [4.69, 9.17) is 35.3 Å². The molecule has 0 aliphatic heterocycles. The van der Waals surface area contributed by atoms with E-state index in [0.717, 1.165) is 5.56 Å². The predicted molar refractivity (Wildman–Crippen MR) is 132 cm³/mol. The van der Waals surface area contributed by atoms with E-state index in [1.165, 1.54) is 19.1 Å². The van der Waals surface area contributed by atoms with Crippen molar-refractivity contribution < 1.29 is 33.3 Å². The number of amides is 1. The van der Waals surface area contributed by atoms with Crippen LogP contribution < -0.4 is 18.9 Å². The minimum absolute atomic E-state index is 0.152. The largest absolute Gasteiger partial charge is 0.493 e. The van der Waals surface area contributed by atoms with E-state index in [1.807, 2.05) is 12.1 Å². The van der Waals surface area contributed by atoms with Gasteiger partial charge in [-0.25, -0.2) is 4.79 Å². The average Bonchev–Trinajstić information content (AvgIpc) is 2.85. The summed E-state index contributed by atoms with van der Waals surface area (Å²) in [5, 5.41) is 0. The fraction of sp³-hybridized carbons (Fsp3) is 0.417. The first-order chi connectivity index (χ1) is 16.3. The Hall–Kier alpha value is -2.65. The molecule has 0 saturated heterocycles. The van der Waals surface area contributed by atoms with Crippen LogP contribution in [0.2, 0.25) is 0 Å².